The van der Waals surface area contributed by atoms with Gasteiger partial charge < -0.3 is 15.2 Å². The zero-order chi connectivity index (χ0) is 15.2. The molecule has 1 heterocycles. The predicted molar refractivity (Wildman–Crippen MR) is 83.7 cm³/mol. The van der Waals surface area contributed by atoms with E-state index in [-0.39, 0.29) is 6.61 Å². The number of hydrogen-bond acceptors (Lipinski definition) is 4. The first kappa shape index (κ1) is 15.4. The van der Waals surface area contributed by atoms with Crippen LogP contribution in [-0.2, 0) is 13.1 Å². The third kappa shape index (κ3) is 3.55. The van der Waals surface area contributed by atoms with Gasteiger partial charge >= 0.3 is 0 Å². The van der Waals surface area contributed by atoms with Crippen molar-refractivity contribution in [2.75, 3.05) is 18.5 Å². The maximum atomic E-state index is 9.05. The van der Waals surface area contributed by atoms with Crippen molar-refractivity contribution in [2.45, 2.75) is 33.9 Å². The minimum absolute atomic E-state index is 0.0992. The standard InChI is InChI=1S/C16H23N3O2/c1-4-21-16-8-6-5-7-15(16)17-11-14-12(2)18-19(9-10-20)13(14)3/h5-8,17,20H,4,9-11H2,1-3H3. The van der Waals surface area contributed by atoms with Crippen LogP contribution in [0.5, 0.6) is 5.75 Å². The number of aromatic nitrogens is 2. The topological polar surface area (TPSA) is 59.3 Å². The van der Waals surface area contributed by atoms with E-state index >= 15 is 0 Å². The van der Waals surface area contributed by atoms with E-state index in [1.165, 1.54) is 0 Å². The third-order valence-corrected chi connectivity index (χ3v) is 3.49. The number of aliphatic hydroxyl groups is 1. The summed E-state index contributed by atoms with van der Waals surface area (Å²) in [5.41, 5.74) is 4.22. The monoisotopic (exact) mass is 289 g/mol. The molecule has 0 bridgehead atoms. The van der Waals surface area contributed by atoms with E-state index in [0.29, 0.717) is 19.7 Å². The number of rotatable bonds is 7. The molecule has 0 unspecified atom stereocenters. The predicted octanol–water partition coefficient (Wildman–Crippen LogP) is 2.50. The number of anilines is 1. The highest BCUT2D eigenvalue weighted by Crippen LogP contribution is 2.25. The summed E-state index contributed by atoms with van der Waals surface area (Å²) in [6.07, 6.45) is 0. The van der Waals surface area contributed by atoms with Crippen LogP contribution >= 0.6 is 0 Å². The molecule has 0 aliphatic rings. The SMILES string of the molecule is CCOc1ccccc1NCc1c(C)nn(CCO)c1C. The number of ether oxygens (including phenoxy) is 1. The number of nitrogens with zero attached hydrogens (tertiary/aromatic N) is 2. The zero-order valence-electron chi connectivity index (χ0n) is 12.9. The first-order valence-electron chi connectivity index (χ1n) is 7.26. The van der Waals surface area contributed by atoms with Crippen molar-refractivity contribution < 1.29 is 9.84 Å². The largest absolute Gasteiger partial charge is 0.492 e. The van der Waals surface area contributed by atoms with Crippen LogP contribution in [-0.4, -0.2) is 28.1 Å². The van der Waals surface area contributed by atoms with Crippen LogP contribution in [0, 0.1) is 13.8 Å². The Labute approximate surface area is 125 Å². The number of aliphatic hydroxyl groups excluding tert-OH is 1. The normalized spacial score (nSPS) is 10.7. The molecule has 0 atom stereocenters. The number of aryl methyl sites for hydroxylation is 1. The van der Waals surface area contributed by atoms with Gasteiger partial charge in [-0.1, -0.05) is 12.1 Å². The lowest BCUT2D eigenvalue weighted by molar-refractivity contribution is 0.268. The lowest BCUT2D eigenvalue weighted by Gasteiger charge is -2.12. The summed E-state index contributed by atoms with van der Waals surface area (Å²) in [6.45, 7) is 7.96. The second kappa shape index (κ2) is 7.13. The molecule has 1 aromatic carbocycles. The van der Waals surface area contributed by atoms with E-state index in [0.717, 1.165) is 28.4 Å². The Morgan fingerprint density at radius 3 is 2.76 bits per heavy atom. The van der Waals surface area contributed by atoms with Crippen LogP contribution in [0.15, 0.2) is 24.3 Å². The summed E-state index contributed by atoms with van der Waals surface area (Å²) >= 11 is 0. The van der Waals surface area contributed by atoms with E-state index in [1.807, 2.05) is 49.7 Å². The highest BCUT2D eigenvalue weighted by Gasteiger charge is 2.11. The fourth-order valence-corrected chi connectivity index (χ4v) is 2.38. The summed E-state index contributed by atoms with van der Waals surface area (Å²) in [5.74, 6) is 0.859. The average Bonchev–Trinajstić information content (AvgIpc) is 2.74. The molecule has 114 valence electrons. The quantitative estimate of drug-likeness (QED) is 0.822. The van der Waals surface area contributed by atoms with Gasteiger partial charge in [-0.2, -0.15) is 5.10 Å². The summed E-state index contributed by atoms with van der Waals surface area (Å²) in [4.78, 5) is 0. The Hall–Kier alpha value is -2.01. The first-order chi connectivity index (χ1) is 10.2. The van der Waals surface area contributed by atoms with E-state index < -0.39 is 0 Å². The van der Waals surface area contributed by atoms with E-state index in [1.54, 1.807) is 0 Å². The second-order valence-corrected chi connectivity index (χ2v) is 4.88. The Morgan fingerprint density at radius 2 is 2.05 bits per heavy atom. The highest BCUT2D eigenvalue weighted by atomic mass is 16.5. The van der Waals surface area contributed by atoms with Gasteiger partial charge in [-0.15, -0.1) is 0 Å². The van der Waals surface area contributed by atoms with E-state index in [9.17, 15) is 0 Å². The molecule has 2 N–H and O–H groups in total. The van der Waals surface area contributed by atoms with Crippen molar-refractivity contribution in [3.8, 4) is 5.75 Å². The van der Waals surface area contributed by atoms with Gasteiger partial charge in [0.15, 0.2) is 0 Å². The molecule has 0 saturated heterocycles. The zero-order valence-corrected chi connectivity index (χ0v) is 12.9. The summed E-state index contributed by atoms with van der Waals surface area (Å²) in [6, 6.07) is 7.92. The van der Waals surface area contributed by atoms with Gasteiger partial charge in [-0.3, -0.25) is 4.68 Å². The first-order valence-corrected chi connectivity index (χ1v) is 7.26. The molecule has 5 heteroatoms. The molecule has 5 nitrogen and oxygen atoms in total. The van der Waals surface area contributed by atoms with Gasteiger partial charge in [0.1, 0.15) is 5.75 Å². The lowest BCUT2D eigenvalue weighted by Crippen LogP contribution is -2.07. The van der Waals surface area contributed by atoms with Crippen molar-refractivity contribution in [3.63, 3.8) is 0 Å². The number of hydrogen-bond donors (Lipinski definition) is 2. The van der Waals surface area contributed by atoms with Gasteiger partial charge in [0, 0.05) is 17.8 Å². The Bertz CT molecular complexity index is 593. The molecule has 21 heavy (non-hydrogen) atoms. The van der Waals surface area contributed by atoms with Crippen LogP contribution in [0.2, 0.25) is 0 Å². The molecule has 0 amide bonds. The minimum atomic E-state index is 0.0992. The van der Waals surface area contributed by atoms with Gasteiger partial charge in [0.05, 0.1) is 31.1 Å². The number of benzene rings is 1. The molecule has 0 aliphatic carbocycles. The molecule has 0 fully saturated rings. The summed E-state index contributed by atoms with van der Waals surface area (Å²) < 4.78 is 7.46. The smallest absolute Gasteiger partial charge is 0.142 e. The maximum absolute atomic E-state index is 9.05. The fourth-order valence-electron chi connectivity index (χ4n) is 2.38. The Balaban J connectivity index is 2.13. The van der Waals surface area contributed by atoms with Crippen molar-refractivity contribution in [1.82, 2.24) is 9.78 Å². The third-order valence-electron chi connectivity index (χ3n) is 3.49. The molecule has 0 saturated carbocycles. The molecular weight excluding hydrogens is 266 g/mol. The van der Waals surface area contributed by atoms with Crippen molar-refractivity contribution in [3.05, 3.63) is 41.2 Å². The van der Waals surface area contributed by atoms with E-state index in [4.69, 9.17) is 9.84 Å². The lowest BCUT2D eigenvalue weighted by atomic mass is 10.2. The van der Waals surface area contributed by atoms with Gasteiger partial charge in [0.25, 0.3) is 0 Å². The second-order valence-electron chi connectivity index (χ2n) is 4.88. The number of para-hydroxylation sites is 2. The maximum Gasteiger partial charge on any atom is 0.142 e. The molecule has 2 aromatic rings. The van der Waals surface area contributed by atoms with Crippen LogP contribution in [0.4, 0.5) is 5.69 Å². The van der Waals surface area contributed by atoms with Gasteiger partial charge in [0.2, 0.25) is 0 Å². The van der Waals surface area contributed by atoms with Crippen molar-refractivity contribution in [1.29, 1.82) is 0 Å². The fraction of sp³-hybridized carbons (Fsp3) is 0.438. The van der Waals surface area contributed by atoms with E-state index in [2.05, 4.69) is 10.4 Å². The Kier molecular flexibility index (Phi) is 5.22. The average molecular weight is 289 g/mol. The van der Waals surface area contributed by atoms with Crippen molar-refractivity contribution in [2.24, 2.45) is 0 Å². The van der Waals surface area contributed by atoms with Crippen LogP contribution in [0.1, 0.15) is 23.9 Å². The highest BCUT2D eigenvalue weighted by molar-refractivity contribution is 5.56. The molecule has 0 spiro atoms. The number of nitrogens with one attached hydrogen (secondary N) is 1. The van der Waals surface area contributed by atoms with Crippen LogP contribution in [0.3, 0.4) is 0 Å². The molecular formula is C16H23N3O2. The van der Waals surface area contributed by atoms with Crippen LogP contribution in [0.25, 0.3) is 0 Å². The van der Waals surface area contributed by atoms with Crippen molar-refractivity contribution >= 4 is 5.69 Å². The molecule has 1 aromatic heterocycles. The Morgan fingerprint density at radius 1 is 1.29 bits per heavy atom. The van der Waals surface area contributed by atoms with Gasteiger partial charge in [-0.05, 0) is 32.9 Å². The molecule has 0 aliphatic heterocycles. The molecule has 0 radical (unpaired) electrons. The summed E-state index contributed by atoms with van der Waals surface area (Å²) in [5, 5.41) is 16.9. The van der Waals surface area contributed by atoms with Crippen LogP contribution < -0.4 is 10.1 Å². The summed E-state index contributed by atoms with van der Waals surface area (Å²) in [7, 11) is 0. The molecule has 2 rings (SSSR count). The van der Waals surface area contributed by atoms with Gasteiger partial charge in [-0.25, -0.2) is 0 Å². The minimum Gasteiger partial charge on any atom is -0.492 e.